The van der Waals surface area contributed by atoms with Gasteiger partial charge in [0.2, 0.25) is 5.13 Å². The fourth-order valence-electron chi connectivity index (χ4n) is 1.05. The normalized spacial score (nSPS) is 10.1. The largest absolute Gasteiger partial charge is 0.324 e. The molecule has 2 aromatic heterocycles. The van der Waals surface area contributed by atoms with Crippen LogP contribution in [0.4, 0.5) is 5.13 Å². The maximum atomic E-state index is 11.7. The van der Waals surface area contributed by atoms with E-state index >= 15 is 0 Å². The van der Waals surface area contributed by atoms with E-state index in [1.165, 1.54) is 17.5 Å². The van der Waals surface area contributed by atoms with Crippen LogP contribution in [0.15, 0.2) is 24.5 Å². The minimum atomic E-state index is -0.257. The first kappa shape index (κ1) is 10.7. The zero-order chi connectivity index (χ0) is 11.4. The molecule has 0 radical (unpaired) electrons. The van der Waals surface area contributed by atoms with Gasteiger partial charge in [-0.3, -0.25) is 15.1 Å². The summed E-state index contributed by atoms with van der Waals surface area (Å²) in [7, 11) is 0. The van der Waals surface area contributed by atoms with E-state index in [0.717, 1.165) is 0 Å². The zero-order valence-corrected chi connectivity index (χ0v) is 9.07. The maximum Gasteiger partial charge on any atom is 0.259 e. The standard InChI is InChI=1S/C9H9N5OS/c10-4-7-13-14-9(16-7)12-8(15)6-2-1-3-11-5-6/h1-3,5H,4,10H2,(H,12,14,15). The van der Waals surface area contributed by atoms with Gasteiger partial charge in [0.15, 0.2) is 0 Å². The number of hydrogen-bond acceptors (Lipinski definition) is 6. The molecule has 0 aliphatic carbocycles. The molecule has 16 heavy (non-hydrogen) atoms. The lowest BCUT2D eigenvalue weighted by Gasteiger charge is -1.98. The van der Waals surface area contributed by atoms with Crippen molar-refractivity contribution in [3.05, 3.63) is 35.1 Å². The SMILES string of the molecule is NCc1nnc(NC(=O)c2cccnc2)s1. The van der Waals surface area contributed by atoms with Gasteiger partial charge in [0.1, 0.15) is 5.01 Å². The van der Waals surface area contributed by atoms with E-state index in [2.05, 4.69) is 20.5 Å². The minimum absolute atomic E-state index is 0.257. The second-order valence-electron chi connectivity index (χ2n) is 2.90. The number of nitrogens with one attached hydrogen (secondary N) is 1. The van der Waals surface area contributed by atoms with Gasteiger partial charge in [-0.2, -0.15) is 0 Å². The van der Waals surface area contributed by atoms with Crippen molar-refractivity contribution in [3.8, 4) is 0 Å². The van der Waals surface area contributed by atoms with Crippen molar-refractivity contribution in [2.75, 3.05) is 5.32 Å². The molecule has 0 unspecified atom stereocenters. The Morgan fingerprint density at radius 1 is 1.50 bits per heavy atom. The average Bonchev–Trinajstić information content (AvgIpc) is 2.78. The monoisotopic (exact) mass is 235 g/mol. The van der Waals surface area contributed by atoms with Crippen molar-refractivity contribution in [1.82, 2.24) is 15.2 Å². The van der Waals surface area contributed by atoms with E-state index in [4.69, 9.17) is 5.73 Å². The average molecular weight is 235 g/mol. The molecule has 82 valence electrons. The molecular formula is C9H9N5OS. The summed E-state index contributed by atoms with van der Waals surface area (Å²) in [6.07, 6.45) is 3.09. The Balaban J connectivity index is 2.08. The Kier molecular flexibility index (Phi) is 3.18. The number of amides is 1. The topological polar surface area (TPSA) is 93.8 Å². The van der Waals surface area contributed by atoms with Crippen LogP contribution in [-0.2, 0) is 6.54 Å². The smallest absolute Gasteiger partial charge is 0.259 e. The first-order valence-electron chi connectivity index (χ1n) is 4.53. The Bertz CT molecular complexity index is 484. The van der Waals surface area contributed by atoms with Crippen LogP contribution in [0.3, 0.4) is 0 Å². The second-order valence-corrected chi connectivity index (χ2v) is 3.96. The van der Waals surface area contributed by atoms with Crippen molar-refractivity contribution < 1.29 is 4.79 Å². The first-order chi connectivity index (χ1) is 7.79. The van der Waals surface area contributed by atoms with Crippen LogP contribution < -0.4 is 11.1 Å². The molecule has 2 aromatic rings. The fourth-order valence-corrected chi connectivity index (χ4v) is 1.67. The third kappa shape index (κ3) is 2.38. The van der Waals surface area contributed by atoms with E-state index in [1.54, 1.807) is 18.3 Å². The van der Waals surface area contributed by atoms with Gasteiger partial charge in [-0.15, -0.1) is 10.2 Å². The lowest BCUT2D eigenvalue weighted by Crippen LogP contribution is -2.11. The van der Waals surface area contributed by atoms with Crippen LogP contribution in [0.25, 0.3) is 0 Å². The lowest BCUT2D eigenvalue weighted by molar-refractivity contribution is 0.102. The summed E-state index contributed by atoms with van der Waals surface area (Å²) in [6.45, 7) is 0.320. The van der Waals surface area contributed by atoms with Gasteiger partial charge in [0.25, 0.3) is 5.91 Å². The van der Waals surface area contributed by atoms with E-state index in [9.17, 15) is 4.79 Å². The Morgan fingerprint density at radius 2 is 2.38 bits per heavy atom. The molecule has 0 saturated carbocycles. The summed E-state index contributed by atoms with van der Waals surface area (Å²) in [5.41, 5.74) is 5.87. The molecular weight excluding hydrogens is 226 g/mol. The third-order valence-corrected chi connectivity index (χ3v) is 2.65. The van der Waals surface area contributed by atoms with Gasteiger partial charge in [-0.25, -0.2) is 0 Å². The van der Waals surface area contributed by atoms with Crippen LogP contribution in [-0.4, -0.2) is 21.1 Å². The van der Waals surface area contributed by atoms with Crippen molar-refractivity contribution in [2.45, 2.75) is 6.54 Å². The minimum Gasteiger partial charge on any atom is -0.324 e. The summed E-state index contributed by atoms with van der Waals surface area (Å²) in [5, 5.41) is 11.3. The number of nitrogens with zero attached hydrogens (tertiary/aromatic N) is 3. The van der Waals surface area contributed by atoms with E-state index in [1.807, 2.05) is 0 Å². The molecule has 1 amide bonds. The van der Waals surface area contributed by atoms with Crippen molar-refractivity contribution in [1.29, 1.82) is 0 Å². The van der Waals surface area contributed by atoms with Crippen LogP contribution in [0.2, 0.25) is 0 Å². The number of anilines is 1. The molecule has 0 saturated heterocycles. The number of hydrogen-bond donors (Lipinski definition) is 2. The number of rotatable bonds is 3. The molecule has 6 nitrogen and oxygen atoms in total. The summed E-state index contributed by atoms with van der Waals surface area (Å²) in [4.78, 5) is 15.5. The van der Waals surface area contributed by atoms with Gasteiger partial charge < -0.3 is 5.73 Å². The lowest BCUT2D eigenvalue weighted by atomic mass is 10.3. The molecule has 0 aromatic carbocycles. The van der Waals surface area contributed by atoms with Crippen LogP contribution >= 0.6 is 11.3 Å². The predicted octanol–water partition coefficient (Wildman–Crippen LogP) is 0.644. The number of aromatic nitrogens is 3. The first-order valence-corrected chi connectivity index (χ1v) is 5.35. The molecule has 0 fully saturated rings. The number of carbonyl (C=O) groups is 1. The zero-order valence-electron chi connectivity index (χ0n) is 8.25. The van der Waals surface area contributed by atoms with E-state index in [-0.39, 0.29) is 5.91 Å². The second kappa shape index (κ2) is 4.77. The van der Waals surface area contributed by atoms with Gasteiger partial charge in [0.05, 0.1) is 5.56 Å². The Morgan fingerprint density at radius 3 is 3.00 bits per heavy atom. The Hall–Kier alpha value is -1.86. The highest BCUT2D eigenvalue weighted by Gasteiger charge is 2.09. The highest BCUT2D eigenvalue weighted by molar-refractivity contribution is 7.15. The van der Waals surface area contributed by atoms with Crippen molar-refractivity contribution in [3.63, 3.8) is 0 Å². The van der Waals surface area contributed by atoms with Gasteiger partial charge >= 0.3 is 0 Å². The maximum absolute atomic E-state index is 11.7. The number of pyridine rings is 1. The van der Waals surface area contributed by atoms with Gasteiger partial charge in [-0.1, -0.05) is 11.3 Å². The van der Waals surface area contributed by atoms with Crippen molar-refractivity contribution >= 4 is 22.4 Å². The van der Waals surface area contributed by atoms with E-state index in [0.29, 0.717) is 22.2 Å². The molecule has 7 heteroatoms. The van der Waals surface area contributed by atoms with Gasteiger partial charge in [-0.05, 0) is 12.1 Å². The van der Waals surface area contributed by atoms with Crippen LogP contribution in [0, 0.1) is 0 Å². The molecule has 2 heterocycles. The van der Waals surface area contributed by atoms with Crippen molar-refractivity contribution in [2.24, 2.45) is 5.73 Å². The fraction of sp³-hybridized carbons (Fsp3) is 0.111. The van der Waals surface area contributed by atoms with Gasteiger partial charge in [0, 0.05) is 18.9 Å². The summed E-state index contributed by atoms with van der Waals surface area (Å²) < 4.78 is 0. The molecule has 0 spiro atoms. The van der Waals surface area contributed by atoms with Crippen LogP contribution in [0.5, 0.6) is 0 Å². The molecule has 2 rings (SSSR count). The summed E-state index contributed by atoms with van der Waals surface area (Å²) in [5.74, 6) is -0.257. The Labute approximate surface area is 95.5 Å². The number of carbonyl (C=O) groups excluding carboxylic acids is 1. The van der Waals surface area contributed by atoms with E-state index < -0.39 is 0 Å². The molecule has 3 N–H and O–H groups in total. The summed E-state index contributed by atoms with van der Waals surface area (Å²) >= 11 is 1.26. The molecule has 0 bridgehead atoms. The summed E-state index contributed by atoms with van der Waals surface area (Å²) in [6, 6.07) is 3.37. The van der Waals surface area contributed by atoms with Crippen LogP contribution in [0.1, 0.15) is 15.4 Å². The number of nitrogens with two attached hydrogens (primary N) is 1. The molecule has 0 atom stereocenters. The quantitative estimate of drug-likeness (QED) is 0.814. The highest BCUT2D eigenvalue weighted by atomic mass is 32.1. The molecule has 0 aliphatic heterocycles. The highest BCUT2D eigenvalue weighted by Crippen LogP contribution is 2.15. The third-order valence-electron chi connectivity index (χ3n) is 1.79. The molecule has 0 aliphatic rings. The predicted molar refractivity (Wildman–Crippen MR) is 60.0 cm³/mol.